The number of nitrogens with zero attached hydrogens (tertiary/aromatic N) is 1. The van der Waals surface area contributed by atoms with Crippen LogP contribution in [0.25, 0.3) is 0 Å². The monoisotopic (exact) mass is 149 g/mol. The third-order valence-corrected chi connectivity index (χ3v) is 1.98. The first-order valence-electron chi connectivity index (χ1n) is 3.65. The average molecular weight is 149 g/mol. The van der Waals surface area contributed by atoms with Crippen LogP contribution in [0.4, 0.5) is 0 Å². The Labute approximate surface area is 65.9 Å². The van der Waals surface area contributed by atoms with E-state index in [-0.39, 0.29) is 6.17 Å². The summed E-state index contributed by atoms with van der Waals surface area (Å²) in [5, 5.41) is 3.25. The van der Waals surface area contributed by atoms with Gasteiger partial charge in [-0.05, 0) is 19.1 Å². The maximum absolute atomic E-state index is 5.79. The molecule has 0 aromatic heterocycles. The Kier molecular flexibility index (Phi) is 1.18. The lowest BCUT2D eigenvalue weighted by molar-refractivity contribution is 0.396. The van der Waals surface area contributed by atoms with Crippen LogP contribution in [0.3, 0.4) is 0 Å². The van der Waals surface area contributed by atoms with Crippen molar-refractivity contribution < 1.29 is 0 Å². The molecule has 2 rings (SSSR count). The predicted molar refractivity (Wildman–Crippen MR) is 43.9 cm³/mol. The van der Waals surface area contributed by atoms with E-state index in [1.165, 1.54) is 0 Å². The summed E-state index contributed by atoms with van der Waals surface area (Å²) in [5.41, 5.74) is 6.84. The van der Waals surface area contributed by atoms with Crippen LogP contribution in [0, 0.1) is 0 Å². The average Bonchev–Trinajstić information content (AvgIpc) is 2.30. The van der Waals surface area contributed by atoms with Crippen molar-refractivity contribution >= 4 is 0 Å². The predicted octanol–water partition coefficient (Wildman–Crippen LogP) is 0.449. The second-order valence-electron chi connectivity index (χ2n) is 2.73. The molecule has 2 aliphatic heterocycles. The molecule has 58 valence electrons. The van der Waals surface area contributed by atoms with Crippen LogP contribution in [0.15, 0.2) is 35.9 Å². The smallest absolute Gasteiger partial charge is 0.124 e. The van der Waals surface area contributed by atoms with Crippen molar-refractivity contribution in [2.45, 2.75) is 13.1 Å². The van der Waals surface area contributed by atoms with Gasteiger partial charge in [0.25, 0.3) is 0 Å². The largest absolute Gasteiger partial charge is 0.384 e. The lowest BCUT2D eigenvalue weighted by Gasteiger charge is -2.22. The quantitative estimate of drug-likeness (QED) is 0.525. The van der Waals surface area contributed by atoms with Crippen LogP contribution >= 0.6 is 0 Å². The zero-order chi connectivity index (χ0) is 7.84. The Hall–Kier alpha value is -1.38. The van der Waals surface area contributed by atoms with Gasteiger partial charge < -0.3 is 16.0 Å². The van der Waals surface area contributed by atoms with Gasteiger partial charge >= 0.3 is 0 Å². The van der Waals surface area contributed by atoms with E-state index in [0.29, 0.717) is 0 Å². The summed E-state index contributed by atoms with van der Waals surface area (Å²) in [7, 11) is 0. The number of hydrogen-bond donors (Lipinski definition) is 2. The van der Waals surface area contributed by atoms with Gasteiger partial charge in [-0.15, -0.1) is 0 Å². The number of nitrogens with one attached hydrogen (secondary N) is 1. The Morgan fingerprint density at radius 1 is 1.55 bits per heavy atom. The van der Waals surface area contributed by atoms with Crippen LogP contribution in [0.1, 0.15) is 6.92 Å². The molecule has 0 fully saturated rings. The molecule has 0 saturated carbocycles. The standard InChI is InChI=1S/C8H11N3/c1-6-8(9)11-5-3-2-4-7(11)10-6/h2-5,7,10H,9H2,1H3. The molecule has 3 nitrogen and oxygen atoms in total. The molecule has 1 atom stereocenters. The SMILES string of the molecule is CC1=C(N)N2C=CC=CC2N1. The molecule has 3 heteroatoms. The number of allylic oxidation sites excluding steroid dienone is 3. The van der Waals surface area contributed by atoms with Crippen molar-refractivity contribution in [1.82, 2.24) is 10.2 Å². The van der Waals surface area contributed by atoms with Gasteiger partial charge in [0.2, 0.25) is 0 Å². The van der Waals surface area contributed by atoms with Crippen LogP contribution in [-0.2, 0) is 0 Å². The lowest BCUT2D eigenvalue weighted by atomic mass is 10.3. The molecule has 0 aromatic carbocycles. The van der Waals surface area contributed by atoms with E-state index in [9.17, 15) is 0 Å². The topological polar surface area (TPSA) is 41.3 Å². The van der Waals surface area contributed by atoms with E-state index in [4.69, 9.17) is 5.73 Å². The summed E-state index contributed by atoms with van der Waals surface area (Å²) in [6, 6.07) is 0. The van der Waals surface area contributed by atoms with Crippen molar-refractivity contribution in [3.05, 3.63) is 35.9 Å². The van der Waals surface area contributed by atoms with Crippen LogP contribution in [0.5, 0.6) is 0 Å². The highest BCUT2D eigenvalue weighted by Crippen LogP contribution is 2.19. The second kappa shape index (κ2) is 2.05. The Morgan fingerprint density at radius 3 is 3.09 bits per heavy atom. The minimum atomic E-state index is 0.236. The molecule has 0 bridgehead atoms. The van der Waals surface area contributed by atoms with E-state index >= 15 is 0 Å². The summed E-state index contributed by atoms with van der Waals surface area (Å²) < 4.78 is 0. The zero-order valence-corrected chi connectivity index (χ0v) is 6.41. The fraction of sp³-hybridized carbons (Fsp3) is 0.250. The molecule has 0 saturated heterocycles. The Morgan fingerprint density at radius 2 is 2.36 bits per heavy atom. The third-order valence-electron chi connectivity index (χ3n) is 1.98. The first-order chi connectivity index (χ1) is 5.29. The van der Waals surface area contributed by atoms with Crippen molar-refractivity contribution in [2.24, 2.45) is 5.73 Å². The third kappa shape index (κ3) is 0.808. The van der Waals surface area contributed by atoms with Crippen molar-refractivity contribution in [1.29, 1.82) is 0 Å². The fourth-order valence-corrected chi connectivity index (χ4v) is 1.33. The Balaban J connectivity index is 2.32. The molecule has 0 aliphatic carbocycles. The van der Waals surface area contributed by atoms with E-state index in [0.717, 1.165) is 11.5 Å². The minimum absolute atomic E-state index is 0.236. The molecular formula is C8H11N3. The van der Waals surface area contributed by atoms with Gasteiger partial charge in [-0.1, -0.05) is 6.08 Å². The molecule has 2 aliphatic rings. The zero-order valence-electron chi connectivity index (χ0n) is 6.41. The van der Waals surface area contributed by atoms with Crippen LogP contribution in [-0.4, -0.2) is 11.1 Å². The van der Waals surface area contributed by atoms with E-state index in [2.05, 4.69) is 11.4 Å². The maximum atomic E-state index is 5.79. The molecule has 0 aromatic rings. The molecular weight excluding hydrogens is 138 g/mol. The van der Waals surface area contributed by atoms with Crippen LogP contribution < -0.4 is 11.1 Å². The highest BCUT2D eigenvalue weighted by atomic mass is 15.4. The van der Waals surface area contributed by atoms with Gasteiger partial charge in [-0.25, -0.2) is 0 Å². The number of rotatable bonds is 0. The van der Waals surface area contributed by atoms with E-state index < -0.39 is 0 Å². The maximum Gasteiger partial charge on any atom is 0.124 e. The molecule has 0 spiro atoms. The van der Waals surface area contributed by atoms with Gasteiger partial charge in [0.1, 0.15) is 12.0 Å². The summed E-state index contributed by atoms with van der Waals surface area (Å²) in [4.78, 5) is 2.01. The molecule has 3 N–H and O–H groups in total. The lowest BCUT2D eigenvalue weighted by Crippen LogP contribution is -2.34. The molecule has 1 unspecified atom stereocenters. The summed E-state index contributed by atoms with van der Waals surface area (Å²) >= 11 is 0. The number of nitrogens with two attached hydrogens (primary N) is 1. The summed E-state index contributed by atoms with van der Waals surface area (Å²) in [6.45, 7) is 1.98. The van der Waals surface area contributed by atoms with E-state index in [1.54, 1.807) is 0 Å². The molecule has 0 radical (unpaired) electrons. The van der Waals surface area contributed by atoms with Gasteiger partial charge in [0, 0.05) is 6.20 Å². The van der Waals surface area contributed by atoms with Gasteiger partial charge in [-0.3, -0.25) is 0 Å². The van der Waals surface area contributed by atoms with Gasteiger partial charge in [0.15, 0.2) is 0 Å². The highest BCUT2D eigenvalue weighted by Gasteiger charge is 2.24. The minimum Gasteiger partial charge on any atom is -0.384 e. The van der Waals surface area contributed by atoms with Gasteiger partial charge in [-0.2, -0.15) is 0 Å². The van der Waals surface area contributed by atoms with Crippen molar-refractivity contribution in [3.8, 4) is 0 Å². The molecule has 0 amide bonds. The first kappa shape index (κ1) is 6.34. The number of hydrogen-bond acceptors (Lipinski definition) is 3. The highest BCUT2D eigenvalue weighted by molar-refractivity contribution is 5.26. The molecule has 11 heavy (non-hydrogen) atoms. The summed E-state index contributed by atoms with van der Waals surface area (Å²) in [6.07, 6.45) is 8.27. The van der Waals surface area contributed by atoms with Gasteiger partial charge in [0.05, 0.1) is 5.70 Å². The van der Waals surface area contributed by atoms with Crippen molar-refractivity contribution in [2.75, 3.05) is 0 Å². The number of fused-ring (bicyclic) bond motifs is 1. The second-order valence-corrected chi connectivity index (χ2v) is 2.73. The van der Waals surface area contributed by atoms with E-state index in [1.807, 2.05) is 30.2 Å². The fourth-order valence-electron chi connectivity index (χ4n) is 1.33. The summed E-state index contributed by atoms with van der Waals surface area (Å²) in [5.74, 6) is 0.815. The normalized spacial score (nSPS) is 27.4. The van der Waals surface area contributed by atoms with Crippen molar-refractivity contribution in [3.63, 3.8) is 0 Å². The van der Waals surface area contributed by atoms with Crippen LogP contribution in [0.2, 0.25) is 0 Å². The first-order valence-corrected chi connectivity index (χ1v) is 3.65. The molecule has 2 heterocycles. The Bertz CT molecular complexity index is 263.